The quantitative estimate of drug-likeness (QED) is 0.645. The molecule has 0 aromatic heterocycles. The largest absolute Gasteiger partial charge is 0.373 e. The highest BCUT2D eigenvalue weighted by Crippen LogP contribution is 2.41. The van der Waals surface area contributed by atoms with E-state index in [0.717, 1.165) is 38.8 Å². The molecule has 0 N–H and O–H groups in total. The summed E-state index contributed by atoms with van der Waals surface area (Å²) in [5.41, 5.74) is 0.234. The summed E-state index contributed by atoms with van der Waals surface area (Å²) in [7, 11) is 2.32. The van der Waals surface area contributed by atoms with Crippen LogP contribution in [0.3, 0.4) is 0 Å². The van der Waals surface area contributed by atoms with Crippen molar-refractivity contribution in [3.63, 3.8) is 0 Å². The van der Waals surface area contributed by atoms with E-state index < -0.39 is 0 Å². The first kappa shape index (κ1) is 24.1. The Morgan fingerprint density at radius 2 is 1.32 bits per heavy atom. The maximum Gasteiger partial charge on any atom is 0.0617 e. The lowest BCUT2D eigenvalue weighted by atomic mass is 9.75. The summed E-state index contributed by atoms with van der Waals surface area (Å²) in [5, 5.41) is 0. The Morgan fingerprint density at radius 1 is 0.821 bits per heavy atom. The zero-order valence-electron chi connectivity index (χ0n) is 20.5. The summed E-state index contributed by atoms with van der Waals surface area (Å²) in [6.45, 7) is 23.7. The molecule has 28 heavy (non-hydrogen) atoms. The highest BCUT2D eigenvalue weighted by molar-refractivity contribution is 5.02. The second kappa shape index (κ2) is 8.53. The summed E-state index contributed by atoms with van der Waals surface area (Å²) in [4.78, 5) is 5.26. The Labute approximate surface area is 175 Å². The predicted octanol–water partition coefficient (Wildman–Crippen LogP) is 5.10. The fourth-order valence-electron chi connectivity index (χ4n) is 5.13. The fraction of sp³-hybridized carbons (Fsp3) is 1.00. The molecule has 0 aromatic rings. The number of piperidine rings is 2. The molecule has 0 aromatic carbocycles. The van der Waals surface area contributed by atoms with Crippen LogP contribution in [0.5, 0.6) is 0 Å². The standard InChI is InChI=1S/C24H48N2O2/c1-21(2,3)27-19-11-14-26(15-12-19)16-13-24(9)18-20(28-22(4,5)6)17-23(7,8)25(24)10/h19-20H,11-18H2,1-10H3. The van der Waals surface area contributed by atoms with Gasteiger partial charge in [-0.25, -0.2) is 0 Å². The van der Waals surface area contributed by atoms with E-state index in [4.69, 9.17) is 9.47 Å². The van der Waals surface area contributed by atoms with Gasteiger partial charge in [0.15, 0.2) is 0 Å². The van der Waals surface area contributed by atoms with Crippen LogP contribution in [0.1, 0.15) is 94.4 Å². The topological polar surface area (TPSA) is 24.9 Å². The Kier molecular flexibility index (Phi) is 7.34. The molecule has 2 aliphatic heterocycles. The maximum absolute atomic E-state index is 6.45. The number of ether oxygens (including phenoxy) is 2. The molecular weight excluding hydrogens is 348 g/mol. The Hall–Kier alpha value is -0.160. The van der Waals surface area contributed by atoms with E-state index in [-0.39, 0.29) is 22.3 Å². The van der Waals surface area contributed by atoms with Crippen molar-refractivity contribution in [2.75, 3.05) is 26.7 Å². The fourth-order valence-corrected chi connectivity index (χ4v) is 5.13. The lowest BCUT2D eigenvalue weighted by Crippen LogP contribution is -2.62. The van der Waals surface area contributed by atoms with Crippen molar-refractivity contribution < 1.29 is 9.47 Å². The third-order valence-corrected chi connectivity index (χ3v) is 6.65. The third-order valence-electron chi connectivity index (χ3n) is 6.65. The van der Waals surface area contributed by atoms with Gasteiger partial charge in [-0.15, -0.1) is 0 Å². The van der Waals surface area contributed by atoms with Gasteiger partial charge >= 0.3 is 0 Å². The molecule has 0 radical (unpaired) electrons. The van der Waals surface area contributed by atoms with Crippen LogP contribution < -0.4 is 0 Å². The summed E-state index contributed by atoms with van der Waals surface area (Å²) in [6, 6.07) is 0. The molecule has 4 nitrogen and oxygen atoms in total. The summed E-state index contributed by atoms with van der Waals surface area (Å²) < 4.78 is 12.6. The van der Waals surface area contributed by atoms with Crippen molar-refractivity contribution in [1.29, 1.82) is 0 Å². The van der Waals surface area contributed by atoms with Crippen LogP contribution in [0.4, 0.5) is 0 Å². The number of hydrogen-bond donors (Lipinski definition) is 0. The summed E-state index contributed by atoms with van der Waals surface area (Å²) in [5.74, 6) is 0. The highest BCUT2D eigenvalue weighted by Gasteiger charge is 2.46. The lowest BCUT2D eigenvalue weighted by molar-refractivity contribution is -0.144. The Bertz CT molecular complexity index is 498. The van der Waals surface area contributed by atoms with Gasteiger partial charge in [0, 0.05) is 24.2 Å². The van der Waals surface area contributed by atoms with Crippen LogP contribution in [0.15, 0.2) is 0 Å². The van der Waals surface area contributed by atoms with E-state index in [0.29, 0.717) is 12.2 Å². The van der Waals surface area contributed by atoms with Gasteiger partial charge in [-0.1, -0.05) is 0 Å². The minimum atomic E-state index is -0.0769. The molecule has 2 rings (SSSR count). The first-order chi connectivity index (χ1) is 12.6. The monoisotopic (exact) mass is 396 g/mol. The second-order valence-electron chi connectivity index (χ2n) is 12.2. The molecule has 0 saturated carbocycles. The molecule has 2 saturated heterocycles. The molecule has 2 heterocycles. The average Bonchev–Trinajstić information content (AvgIpc) is 2.49. The van der Waals surface area contributed by atoms with E-state index >= 15 is 0 Å². The highest BCUT2D eigenvalue weighted by atomic mass is 16.5. The SMILES string of the molecule is CN1C(C)(C)CC(OC(C)(C)C)CC1(C)CCN1CCC(OC(C)(C)C)CC1. The molecule has 2 unspecified atom stereocenters. The molecule has 0 spiro atoms. The molecule has 2 aliphatic rings. The van der Waals surface area contributed by atoms with Gasteiger partial charge in [0.25, 0.3) is 0 Å². The van der Waals surface area contributed by atoms with Crippen molar-refractivity contribution >= 4 is 0 Å². The third kappa shape index (κ3) is 6.97. The van der Waals surface area contributed by atoms with Crippen LogP contribution in [0.2, 0.25) is 0 Å². The Morgan fingerprint density at radius 3 is 1.82 bits per heavy atom. The van der Waals surface area contributed by atoms with Gasteiger partial charge in [0.1, 0.15) is 0 Å². The Balaban J connectivity index is 1.92. The number of likely N-dealkylation sites (tertiary alicyclic amines) is 2. The van der Waals surface area contributed by atoms with Gasteiger partial charge in [0.05, 0.1) is 23.4 Å². The first-order valence-electron chi connectivity index (χ1n) is 11.4. The first-order valence-corrected chi connectivity index (χ1v) is 11.4. The van der Waals surface area contributed by atoms with Crippen molar-refractivity contribution in [3.05, 3.63) is 0 Å². The molecule has 2 fully saturated rings. The normalized spacial score (nSPS) is 31.3. The van der Waals surface area contributed by atoms with Crippen molar-refractivity contribution in [2.24, 2.45) is 0 Å². The molecule has 166 valence electrons. The minimum Gasteiger partial charge on any atom is -0.373 e. The van der Waals surface area contributed by atoms with Gasteiger partial charge in [-0.05, 0) is 108 Å². The van der Waals surface area contributed by atoms with Crippen molar-refractivity contribution in [3.8, 4) is 0 Å². The van der Waals surface area contributed by atoms with E-state index in [1.807, 2.05) is 0 Å². The van der Waals surface area contributed by atoms with Gasteiger partial charge in [-0.3, -0.25) is 4.90 Å². The second-order valence-corrected chi connectivity index (χ2v) is 12.2. The summed E-state index contributed by atoms with van der Waals surface area (Å²) in [6.07, 6.45) is 6.49. The van der Waals surface area contributed by atoms with E-state index in [1.165, 1.54) is 13.0 Å². The van der Waals surface area contributed by atoms with Gasteiger partial charge in [0.2, 0.25) is 0 Å². The maximum atomic E-state index is 6.45. The molecular formula is C24H48N2O2. The van der Waals surface area contributed by atoms with E-state index in [2.05, 4.69) is 79.2 Å². The van der Waals surface area contributed by atoms with Crippen LogP contribution in [0, 0.1) is 0 Å². The van der Waals surface area contributed by atoms with Crippen molar-refractivity contribution in [2.45, 2.75) is 129 Å². The lowest BCUT2D eigenvalue weighted by Gasteiger charge is -2.56. The van der Waals surface area contributed by atoms with Gasteiger partial charge < -0.3 is 14.4 Å². The van der Waals surface area contributed by atoms with Crippen LogP contribution in [-0.4, -0.2) is 71.0 Å². The van der Waals surface area contributed by atoms with Crippen LogP contribution in [0.25, 0.3) is 0 Å². The molecule has 4 heteroatoms. The van der Waals surface area contributed by atoms with Crippen molar-refractivity contribution in [1.82, 2.24) is 9.80 Å². The van der Waals surface area contributed by atoms with E-state index in [1.54, 1.807) is 0 Å². The number of hydrogen-bond acceptors (Lipinski definition) is 4. The van der Waals surface area contributed by atoms with Gasteiger partial charge in [-0.2, -0.15) is 0 Å². The minimum absolute atomic E-state index is 0.0290. The number of nitrogens with zero attached hydrogens (tertiary/aromatic N) is 2. The average molecular weight is 397 g/mol. The van der Waals surface area contributed by atoms with Crippen LogP contribution in [-0.2, 0) is 9.47 Å². The zero-order chi connectivity index (χ0) is 21.4. The smallest absolute Gasteiger partial charge is 0.0617 e. The molecule has 2 atom stereocenters. The zero-order valence-corrected chi connectivity index (χ0v) is 20.5. The summed E-state index contributed by atoms with van der Waals surface area (Å²) >= 11 is 0. The molecule has 0 amide bonds. The molecule has 0 aliphatic carbocycles. The number of rotatable bonds is 5. The molecule has 0 bridgehead atoms. The predicted molar refractivity (Wildman–Crippen MR) is 119 cm³/mol. The van der Waals surface area contributed by atoms with E-state index in [9.17, 15) is 0 Å². The van der Waals surface area contributed by atoms with Crippen LogP contribution >= 0.6 is 0 Å².